The van der Waals surface area contributed by atoms with E-state index >= 15 is 0 Å². The van der Waals surface area contributed by atoms with E-state index in [9.17, 15) is 0 Å². The summed E-state index contributed by atoms with van der Waals surface area (Å²) < 4.78 is 0. The van der Waals surface area contributed by atoms with Crippen LogP contribution in [0.25, 0.3) is 4.90 Å². The van der Waals surface area contributed by atoms with Crippen LogP contribution in [0.15, 0.2) is 45.6 Å². The Labute approximate surface area is 131 Å². The summed E-state index contributed by atoms with van der Waals surface area (Å²) in [6, 6.07) is 10.7. The minimum Gasteiger partial charge on any atom is -0.341 e. The first-order valence-corrected chi connectivity index (χ1v) is 7.93. The van der Waals surface area contributed by atoms with Gasteiger partial charge >= 0.3 is 0 Å². The summed E-state index contributed by atoms with van der Waals surface area (Å²) in [4.78, 5) is 8.48. The Hall–Kier alpha value is -0.530. The van der Waals surface area contributed by atoms with E-state index in [1.54, 1.807) is 18.1 Å². The Morgan fingerprint density at radius 3 is 2.78 bits per heavy atom. The lowest BCUT2D eigenvalue weighted by molar-refractivity contribution is 1.09. The van der Waals surface area contributed by atoms with Crippen LogP contribution < -0.4 is 5.32 Å². The maximum absolute atomic E-state index is 4.33. The predicted octanol–water partition coefficient (Wildman–Crippen LogP) is 4.72. The zero-order valence-corrected chi connectivity index (χ0v) is 13.9. The van der Waals surface area contributed by atoms with Gasteiger partial charge in [0.25, 0.3) is 0 Å². The summed E-state index contributed by atoms with van der Waals surface area (Å²) in [6.07, 6.45) is 3.93. The molecule has 1 aliphatic heterocycles. The zero-order chi connectivity index (χ0) is 11.7. The van der Waals surface area contributed by atoms with Crippen LogP contribution in [-0.4, -0.2) is 12.6 Å². The lowest BCUT2D eigenvalue weighted by Gasteiger charge is -2.05. The molecule has 1 aliphatic rings. The van der Waals surface area contributed by atoms with Crippen molar-refractivity contribution < 1.29 is 0 Å². The molecule has 0 bridgehead atoms. The summed E-state index contributed by atoms with van der Waals surface area (Å²) >= 11 is 1.80. The van der Waals surface area contributed by atoms with Crippen LogP contribution in [0, 0.1) is 0 Å². The summed E-state index contributed by atoms with van der Waals surface area (Å²) in [5.74, 6) is 0. The number of anilines is 1. The number of hydrogen-bond donors (Lipinski definition) is 1. The fourth-order valence-electron chi connectivity index (χ4n) is 1.95. The molecule has 1 N–H and O–H groups in total. The lowest BCUT2D eigenvalue weighted by atomic mass is 10.3. The van der Waals surface area contributed by atoms with Crippen molar-refractivity contribution in [3.63, 3.8) is 0 Å². The smallest absolute Gasteiger partial charge is 0.202 e. The SMILES string of the molecule is CSc1c[s+](-c2ccccc2)c2c1NC=NC2.I. The Kier molecular flexibility index (Phi) is 4.69. The third kappa shape index (κ3) is 2.44. The molecule has 0 amide bonds. The average molecular weight is 389 g/mol. The number of rotatable bonds is 2. The third-order valence-corrected chi connectivity index (χ3v) is 5.79. The highest BCUT2D eigenvalue weighted by Gasteiger charge is 2.27. The number of hydrogen-bond acceptors (Lipinski definition) is 3. The fourth-order valence-corrected chi connectivity index (χ4v) is 5.02. The largest absolute Gasteiger partial charge is 0.341 e. The molecule has 94 valence electrons. The van der Waals surface area contributed by atoms with E-state index in [1.807, 2.05) is 0 Å². The summed E-state index contributed by atoms with van der Waals surface area (Å²) in [7, 11) is 0.0834. The Morgan fingerprint density at radius 2 is 2.06 bits per heavy atom. The van der Waals surface area contributed by atoms with Crippen LogP contribution in [-0.2, 0) is 6.54 Å². The molecule has 0 radical (unpaired) electrons. The second kappa shape index (κ2) is 6.08. The first kappa shape index (κ1) is 13.9. The molecular formula is C13H14IN2S2+. The average Bonchev–Trinajstić information content (AvgIpc) is 2.78. The van der Waals surface area contributed by atoms with Crippen LogP contribution in [0.2, 0.25) is 0 Å². The highest BCUT2D eigenvalue weighted by molar-refractivity contribution is 14.0. The van der Waals surface area contributed by atoms with E-state index in [0.717, 1.165) is 6.54 Å². The van der Waals surface area contributed by atoms with Gasteiger partial charge in [-0.25, -0.2) is 0 Å². The van der Waals surface area contributed by atoms with Crippen LogP contribution in [0.1, 0.15) is 4.88 Å². The summed E-state index contributed by atoms with van der Waals surface area (Å²) in [6.45, 7) is 0.820. The Morgan fingerprint density at radius 1 is 1.28 bits per heavy atom. The van der Waals surface area contributed by atoms with Crippen molar-refractivity contribution in [2.24, 2.45) is 4.99 Å². The van der Waals surface area contributed by atoms with Crippen molar-refractivity contribution in [2.45, 2.75) is 11.4 Å². The molecule has 5 heteroatoms. The number of benzene rings is 1. The predicted molar refractivity (Wildman–Crippen MR) is 93.3 cm³/mol. The molecule has 2 heterocycles. The van der Waals surface area contributed by atoms with Gasteiger partial charge in [-0.3, -0.25) is 4.99 Å². The lowest BCUT2D eigenvalue weighted by Crippen LogP contribution is -2.03. The maximum atomic E-state index is 4.33. The van der Waals surface area contributed by atoms with Crippen molar-refractivity contribution in [3.05, 3.63) is 40.6 Å². The molecule has 1 unspecified atom stereocenters. The van der Waals surface area contributed by atoms with Gasteiger partial charge < -0.3 is 5.32 Å². The molecule has 1 atom stereocenters. The third-order valence-electron chi connectivity index (χ3n) is 2.77. The first-order valence-electron chi connectivity index (χ1n) is 5.42. The molecule has 1 aromatic heterocycles. The number of nitrogens with one attached hydrogen (secondary N) is 1. The van der Waals surface area contributed by atoms with E-state index < -0.39 is 0 Å². The number of nitrogens with zero attached hydrogens (tertiary/aromatic N) is 1. The van der Waals surface area contributed by atoms with Gasteiger partial charge in [0.2, 0.25) is 4.88 Å². The van der Waals surface area contributed by atoms with Gasteiger partial charge in [0, 0.05) is 10.5 Å². The van der Waals surface area contributed by atoms with E-state index in [4.69, 9.17) is 0 Å². The van der Waals surface area contributed by atoms with E-state index in [0.29, 0.717) is 0 Å². The van der Waals surface area contributed by atoms with Gasteiger partial charge in [0.1, 0.15) is 12.2 Å². The second-order valence-corrected chi connectivity index (χ2v) is 6.47. The number of thioether (sulfide) groups is 1. The minimum absolute atomic E-state index is 0. The van der Waals surface area contributed by atoms with Crippen LogP contribution >= 0.6 is 46.2 Å². The van der Waals surface area contributed by atoms with Gasteiger partial charge in [-0.1, -0.05) is 18.2 Å². The highest BCUT2D eigenvalue weighted by Crippen LogP contribution is 2.47. The molecule has 0 aliphatic carbocycles. The van der Waals surface area contributed by atoms with E-state index in [-0.39, 0.29) is 34.4 Å². The molecule has 2 nitrogen and oxygen atoms in total. The molecule has 2 aromatic rings. The van der Waals surface area contributed by atoms with E-state index in [2.05, 4.69) is 52.3 Å². The monoisotopic (exact) mass is 389 g/mol. The minimum atomic E-state index is 0. The van der Waals surface area contributed by atoms with Crippen LogP contribution in [0.3, 0.4) is 0 Å². The van der Waals surface area contributed by atoms with Crippen molar-refractivity contribution in [2.75, 3.05) is 11.6 Å². The van der Waals surface area contributed by atoms with Crippen molar-refractivity contribution in [1.29, 1.82) is 0 Å². The molecule has 3 rings (SSSR count). The maximum Gasteiger partial charge on any atom is 0.202 e. The summed E-state index contributed by atoms with van der Waals surface area (Å²) in [5.41, 5.74) is 1.28. The number of fused-ring (bicyclic) bond motifs is 1. The van der Waals surface area contributed by atoms with Gasteiger partial charge in [-0.2, -0.15) is 0 Å². The van der Waals surface area contributed by atoms with E-state index in [1.165, 1.54) is 20.4 Å². The highest BCUT2D eigenvalue weighted by atomic mass is 127. The normalized spacial score (nSPS) is 13.5. The van der Waals surface area contributed by atoms with Gasteiger partial charge in [-0.15, -0.1) is 35.7 Å². The number of halogens is 1. The van der Waals surface area contributed by atoms with Gasteiger partial charge in [0.05, 0.1) is 11.2 Å². The fraction of sp³-hybridized carbons (Fsp3) is 0.154. The number of aliphatic imine (C=N–C) groups is 1. The molecule has 0 saturated heterocycles. The quantitative estimate of drug-likeness (QED) is 0.457. The van der Waals surface area contributed by atoms with Crippen LogP contribution in [0.5, 0.6) is 0 Å². The Bertz CT molecular complexity index is 564. The second-order valence-electron chi connectivity index (χ2n) is 3.75. The molecule has 1 aromatic carbocycles. The molecule has 0 fully saturated rings. The Balaban J connectivity index is 0.00000120. The van der Waals surface area contributed by atoms with Gasteiger partial charge in [-0.05, 0) is 18.4 Å². The van der Waals surface area contributed by atoms with Crippen LogP contribution in [0.4, 0.5) is 5.69 Å². The van der Waals surface area contributed by atoms with Crippen molar-refractivity contribution in [1.82, 2.24) is 0 Å². The van der Waals surface area contributed by atoms with Crippen molar-refractivity contribution in [3.8, 4) is 4.90 Å². The molecular weight excluding hydrogens is 375 g/mol. The molecule has 18 heavy (non-hydrogen) atoms. The summed E-state index contributed by atoms with van der Waals surface area (Å²) in [5, 5.41) is 5.65. The molecule has 0 saturated carbocycles. The first-order chi connectivity index (χ1) is 8.40. The standard InChI is InChI=1S/C13H13N2S2.HI/c1-16-11-8-17(10-5-3-2-4-6-10)12-7-14-9-15-13(11)12;/h2-6,8-9H,7H2,1H3,(H,14,15);1H/q+1;. The zero-order valence-electron chi connectivity index (χ0n) is 9.92. The number of thiophene rings is 1. The van der Waals surface area contributed by atoms with Gasteiger partial charge in [0.15, 0.2) is 10.3 Å². The van der Waals surface area contributed by atoms with Crippen molar-refractivity contribution >= 4 is 58.2 Å². The topological polar surface area (TPSA) is 24.4 Å². The molecule has 0 spiro atoms.